The normalized spacial score (nSPS) is 10.4. The fourth-order valence-electron chi connectivity index (χ4n) is 2.57. The van der Waals surface area contributed by atoms with Crippen LogP contribution in [0, 0.1) is 11.3 Å². The van der Waals surface area contributed by atoms with E-state index in [2.05, 4.69) is 16.6 Å². The van der Waals surface area contributed by atoms with Crippen molar-refractivity contribution in [3.05, 3.63) is 101 Å². The molecule has 5 nitrogen and oxygen atoms in total. The lowest BCUT2D eigenvalue weighted by molar-refractivity contribution is -0.120. The molecule has 3 aromatic rings. The highest BCUT2D eigenvalue weighted by atomic mass is 16.5. The fraction of sp³-hybridized carbons (Fsp3) is 0.0870. The Hall–Kier alpha value is -3.91. The van der Waals surface area contributed by atoms with E-state index in [1.807, 2.05) is 72.8 Å². The fourth-order valence-corrected chi connectivity index (χ4v) is 2.57. The second kappa shape index (κ2) is 9.70. The largest absolute Gasteiger partial charge is 0.489 e. The number of nitrogens with one attached hydrogen (secondary N) is 1. The number of benzene rings is 3. The summed E-state index contributed by atoms with van der Waals surface area (Å²) in [5, 5.41) is 13.1. The minimum atomic E-state index is -0.168. The van der Waals surface area contributed by atoms with Crippen molar-refractivity contribution < 1.29 is 9.53 Å². The third kappa shape index (κ3) is 5.55. The number of carbonyl (C=O) groups excluding carboxylic acids is 1. The summed E-state index contributed by atoms with van der Waals surface area (Å²) in [6, 6.07) is 26.3. The lowest BCUT2D eigenvalue weighted by Gasteiger charge is -2.07. The van der Waals surface area contributed by atoms with E-state index in [4.69, 9.17) is 10.00 Å². The number of amides is 1. The van der Waals surface area contributed by atoms with Crippen LogP contribution in [0.1, 0.15) is 22.3 Å². The zero-order chi connectivity index (χ0) is 19.6. The number of hydrogen-bond acceptors (Lipinski definition) is 4. The maximum Gasteiger partial charge on any atom is 0.244 e. The van der Waals surface area contributed by atoms with E-state index in [0.717, 1.165) is 16.7 Å². The molecule has 0 atom stereocenters. The van der Waals surface area contributed by atoms with E-state index in [1.165, 1.54) is 0 Å². The molecule has 0 saturated carbocycles. The molecule has 0 saturated heterocycles. The van der Waals surface area contributed by atoms with Gasteiger partial charge in [-0.05, 0) is 41.5 Å². The second-order valence-electron chi connectivity index (χ2n) is 6.08. The number of hydrazone groups is 1. The standard InChI is InChI=1S/C23H19N3O2/c24-15-20-8-4-5-9-21(20)17-28-22-12-10-19(11-13-22)16-25-26-23(27)14-18-6-2-1-3-7-18/h1-13,16H,14,17H2,(H,26,27)/b25-16-. The van der Waals surface area contributed by atoms with E-state index in [9.17, 15) is 4.79 Å². The molecule has 1 N–H and O–H groups in total. The first-order chi connectivity index (χ1) is 13.7. The molecular formula is C23H19N3O2. The van der Waals surface area contributed by atoms with Crippen molar-refractivity contribution in [3.8, 4) is 11.8 Å². The van der Waals surface area contributed by atoms with E-state index in [-0.39, 0.29) is 12.3 Å². The molecule has 0 radical (unpaired) electrons. The Morgan fingerprint density at radius 3 is 2.46 bits per heavy atom. The van der Waals surface area contributed by atoms with Crippen LogP contribution in [0.4, 0.5) is 0 Å². The summed E-state index contributed by atoms with van der Waals surface area (Å²) < 4.78 is 5.73. The van der Waals surface area contributed by atoms with Crippen LogP contribution in [0.25, 0.3) is 0 Å². The van der Waals surface area contributed by atoms with Crippen molar-refractivity contribution in [3.63, 3.8) is 0 Å². The molecule has 0 aliphatic rings. The Balaban J connectivity index is 1.49. The van der Waals surface area contributed by atoms with Gasteiger partial charge in [-0.1, -0.05) is 48.5 Å². The molecule has 5 heteroatoms. The molecule has 0 aliphatic carbocycles. The first-order valence-corrected chi connectivity index (χ1v) is 8.81. The number of nitriles is 1. The van der Waals surface area contributed by atoms with Gasteiger partial charge in [0.25, 0.3) is 0 Å². The van der Waals surface area contributed by atoms with Crippen LogP contribution in [0.5, 0.6) is 5.75 Å². The zero-order valence-corrected chi connectivity index (χ0v) is 15.2. The summed E-state index contributed by atoms with van der Waals surface area (Å²) in [6.45, 7) is 0.326. The molecule has 138 valence electrons. The molecule has 0 aromatic heterocycles. The van der Waals surface area contributed by atoms with Crippen LogP contribution < -0.4 is 10.2 Å². The van der Waals surface area contributed by atoms with Gasteiger partial charge in [-0.2, -0.15) is 10.4 Å². The van der Waals surface area contributed by atoms with Gasteiger partial charge in [0.1, 0.15) is 12.4 Å². The van der Waals surface area contributed by atoms with Gasteiger partial charge >= 0.3 is 0 Å². The number of ether oxygens (including phenoxy) is 1. The maximum atomic E-state index is 11.9. The average molecular weight is 369 g/mol. The highest BCUT2D eigenvalue weighted by Gasteiger charge is 2.03. The Morgan fingerprint density at radius 1 is 1.00 bits per heavy atom. The Kier molecular flexibility index (Phi) is 6.53. The van der Waals surface area contributed by atoms with Crippen LogP contribution in [-0.4, -0.2) is 12.1 Å². The number of nitrogens with zero attached hydrogens (tertiary/aromatic N) is 2. The number of carbonyl (C=O) groups is 1. The Bertz CT molecular complexity index is 990. The van der Waals surface area contributed by atoms with Gasteiger partial charge in [-0.15, -0.1) is 0 Å². The third-order valence-corrected chi connectivity index (χ3v) is 4.02. The van der Waals surface area contributed by atoms with Crippen LogP contribution >= 0.6 is 0 Å². The van der Waals surface area contributed by atoms with Gasteiger partial charge in [-0.3, -0.25) is 4.79 Å². The first-order valence-electron chi connectivity index (χ1n) is 8.81. The van der Waals surface area contributed by atoms with Gasteiger partial charge in [0, 0.05) is 5.56 Å². The summed E-state index contributed by atoms with van der Waals surface area (Å²) in [4.78, 5) is 11.9. The van der Waals surface area contributed by atoms with Gasteiger partial charge in [-0.25, -0.2) is 5.43 Å². The van der Waals surface area contributed by atoms with Crippen LogP contribution in [-0.2, 0) is 17.8 Å². The third-order valence-electron chi connectivity index (χ3n) is 4.02. The monoisotopic (exact) mass is 369 g/mol. The minimum Gasteiger partial charge on any atom is -0.489 e. The highest BCUT2D eigenvalue weighted by molar-refractivity contribution is 5.83. The maximum absolute atomic E-state index is 11.9. The zero-order valence-electron chi connectivity index (χ0n) is 15.2. The predicted octanol–water partition coefficient (Wildman–Crippen LogP) is 3.83. The van der Waals surface area contributed by atoms with Crippen LogP contribution in [0.2, 0.25) is 0 Å². The molecule has 28 heavy (non-hydrogen) atoms. The lowest BCUT2D eigenvalue weighted by Crippen LogP contribution is -2.19. The van der Waals surface area contributed by atoms with E-state index in [0.29, 0.717) is 17.9 Å². The van der Waals surface area contributed by atoms with Crippen molar-refractivity contribution in [2.75, 3.05) is 0 Å². The SMILES string of the molecule is N#Cc1ccccc1COc1ccc(/C=N\NC(=O)Cc2ccccc2)cc1. The summed E-state index contributed by atoms with van der Waals surface area (Å²) in [6.07, 6.45) is 1.87. The highest BCUT2D eigenvalue weighted by Crippen LogP contribution is 2.15. The summed E-state index contributed by atoms with van der Waals surface area (Å²) >= 11 is 0. The topological polar surface area (TPSA) is 74.5 Å². The molecule has 0 unspecified atom stereocenters. The molecular weight excluding hydrogens is 350 g/mol. The second-order valence-corrected chi connectivity index (χ2v) is 6.08. The van der Waals surface area contributed by atoms with Crippen molar-refractivity contribution in [2.45, 2.75) is 13.0 Å². The van der Waals surface area contributed by atoms with Crippen LogP contribution in [0.3, 0.4) is 0 Å². The summed E-state index contributed by atoms with van der Waals surface area (Å²) in [5.74, 6) is 0.525. The molecule has 0 heterocycles. The first kappa shape index (κ1) is 18.9. The predicted molar refractivity (Wildman–Crippen MR) is 108 cm³/mol. The smallest absolute Gasteiger partial charge is 0.244 e. The molecule has 3 rings (SSSR count). The van der Waals surface area contributed by atoms with E-state index >= 15 is 0 Å². The average Bonchev–Trinajstić information content (AvgIpc) is 2.74. The van der Waals surface area contributed by atoms with Crippen LogP contribution in [0.15, 0.2) is 84.0 Å². The molecule has 0 fully saturated rings. The molecule has 1 amide bonds. The molecule has 0 spiro atoms. The number of hydrogen-bond donors (Lipinski definition) is 1. The molecule has 3 aromatic carbocycles. The molecule has 0 bridgehead atoms. The van der Waals surface area contributed by atoms with Gasteiger partial charge < -0.3 is 4.74 Å². The number of rotatable bonds is 7. The van der Waals surface area contributed by atoms with E-state index in [1.54, 1.807) is 12.3 Å². The Morgan fingerprint density at radius 2 is 1.71 bits per heavy atom. The van der Waals surface area contributed by atoms with Crippen molar-refractivity contribution in [2.24, 2.45) is 5.10 Å². The quantitative estimate of drug-likeness (QED) is 0.508. The molecule has 0 aliphatic heterocycles. The summed E-state index contributed by atoms with van der Waals surface area (Å²) in [5.41, 5.74) is 5.75. The van der Waals surface area contributed by atoms with Gasteiger partial charge in [0.05, 0.1) is 24.3 Å². The van der Waals surface area contributed by atoms with Crippen molar-refractivity contribution in [1.82, 2.24) is 5.43 Å². The van der Waals surface area contributed by atoms with Crippen molar-refractivity contribution >= 4 is 12.1 Å². The minimum absolute atomic E-state index is 0.168. The Labute approximate surface area is 163 Å². The van der Waals surface area contributed by atoms with Gasteiger partial charge in [0.2, 0.25) is 5.91 Å². The van der Waals surface area contributed by atoms with Gasteiger partial charge in [0.15, 0.2) is 0 Å². The summed E-state index contributed by atoms with van der Waals surface area (Å²) in [7, 11) is 0. The van der Waals surface area contributed by atoms with Crippen molar-refractivity contribution in [1.29, 1.82) is 5.26 Å². The van der Waals surface area contributed by atoms with E-state index < -0.39 is 0 Å². The lowest BCUT2D eigenvalue weighted by atomic mass is 10.1.